The Morgan fingerprint density at radius 3 is 2.90 bits per heavy atom. The van der Waals surface area contributed by atoms with E-state index in [1.165, 1.54) is 32.1 Å². The van der Waals surface area contributed by atoms with E-state index < -0.39 is 0 Å². The summed E-state index contributed by atoms with van der Waals surface area (Å²) < 4.78 is 0. The summed E-state index contributed by atoms with van der Waals surface area (Å²) >= 11 is 6.04. The van der Waals surface area contributed by atoms with E-state index in [1.54, 1.807) is 6.20 Å². The Bertz CT molecular complexity index is 625. The molecule has 6 heteroatoms. The van der Waals surface area contributed by atoms with E-state index in [0.717, 1.165) is 41.8 Å². The van der Waals surface area contributed by atoms with Gasteiger partial charge in [-0.3, -0.25) is 5.10 Å². The van der Waals surface area contributed by atoms with Gasteiger partial charge in [-0.25, -0.2) is 0 Å². The third kappa shape index (κ3) is 2.04. The molecule has 2 fully saturated rings. The van der Waals surface area contributed by atoms with Gasteiger partial charge in [0.1, 0.15) is 5.82 Å². The highest BCUT2D eigenvalue weighted by Crippen LogP contribution is 2.38. The molecule has 5 nitrogen and oxygen atoms in total. The van der Waals surface area contributed by atoms with E-state index in [9.17, 15) is 0 Å². The SMILES string of the molecule is Clc1nc(N2CCC3CCCCC3C2)c2cn[nH]c2n1. The van der Waals surface area contributed by atoms with Crippen LogP contribution in [0.25, 0.3) is 11.0 Å². The van der Waals surface area contributed by atoms with E-state index in [4.69, 9.17) is 11.6 Å². The summed E-state index contributed by atoms with van der Waals surface area (Å²) in [4.78, 5) is 11.0. The second-order valence-electron chi connectivity index (χ2n) is 5.99. The van der Waals surface area contributed by atoms with Gasteiger partial charge in [0.15, 0.2) is 5.65 Å². The first-order valence-electron chi connectivity index (χ1n) is 7.43. The van der Waals surface area contributed by atoms with Gasteiger partial charge < -0.3 is 4.90 Å². The first-order valence-corrected chi connectivity index (χ1v) is 7.80. The van der Waals surface area contributed by atoms with Crippen LogP contribution in [0.2, 0.25) is 5.28 Å². The number of halogens is 1. The lowest BCUT2D eigenvalue weighted by molar-refractivity contribution is 0.202. The molecule has 1 saturated heterocycles. The number of hydrogen-bond acceptors (Lipinski definition) is 4. The summed E-state index contributed by atoms with van der Waals surface area (Å²) in [6, 6.07) is 0. The first-order chi connectivity index (χ1) is 9.81. The van der Waals surface area contributed by atoms with Crippen LogP contribution in [0.15, 0.2) is 6.20 Å². The van der Waals surface area contributed by atoms with Crippen LogP contribution in [-0.4, -0.2) is 33.3 Å². The van der Waals surface area contributed by atoms with Crippen LogP contribution in [0.5, 0.6) is 0 Å². The number of aromatic amines is 1. The Balaban J connectivity index is 1.67. The quantitative estimate of drug-likeness (QED) is 0.821. The Morgan fingerprint density at radius 1 is 1.15 bits per heavy atom. The predicted molar refractivity (Wildman–Crippen MR) is 79.0 cm³/mol. The maximum absolute atomic E-state index is 6.04. The van der Waals surface area contributed by atoms with Crippen molar-refractivity contribution in [2.24, 2.45) is 11.8 Å². The summed E-state index contributed by atoms with van der Waals surface area (Å²) in [5.74, 6) is 2.67. The molecule has 3 heterocycles. The van der Waals surface area contributed by atoms with Gasteiger partial charge in [0, 0.05) is 13.1 Å². The lowest BCUT2D eigenvalue weighted by Crippen LogP contribution is -2.42. The highest BCUT2D eigenvalue weighted by atomic mass is 35.5. The molecular formula is C14H18ClN5. The molecule has 106 valence electrons. The molecule has 20 heavy (non-hydrogen) atoms. The fourth-order valence-corrected chi connectivity index (χ4v) is 3.99. The lowest BCUT2D eigenvalue weighted by Gasteiger charge is -2.41. The summed E-state index contributed by atoms with van der Waals surface area (Å²) in [6.07, 6.45) is 8.62. The van der Waals surface area contributed by atoms with Gasteiger partial charge in [-0.15, -0.1) is 0 Å². The number of aromatic nitrogens is 4. The number of H-pyrrole nitrogens is 1. The van der Waals surface area contributed by atoms with Gasteiger partial charge in [0.05, 0.1) is 11.6 Å². The Morgan fingerprint density at radius 2 is 2.00 bits per heavy atom. The molecule has 2 aromatic heterocycles. The van der Waals surface area contributed by atoms with Crippen molar-refractivity contribution in [1.82, 2.24) is 20.2 Å². The second-order valence-corrected chi connectivity index (χ2v) is 6.33. The zero-order valence-electron chi connectivity index (χ0n) is 11.3. The molecule has 2 atom stereocenters. The van der Waals surface area contributed by atoms with Crippen LogP contribution in [0.1, 0.15) is 32.1 Å². The number of nitrogens with one attached hydrogen (secondary N) is 1. The Labute approximate surface area is 122 Å². The molecule has 0 aromatic carbocycles. The third-order valence-corrected chi connectivity index (χ3v) is 5.02. The van der Waals surface area contributed by atoms with Gasteiger partial charge in [-0.05, 0) is 36.3 Å². The van der Waals surface area contributed by atoms with Crippen molar-refractivity contribution >= 4 is 28.5 Å². The maximum Gasteiger partial charge on any atom is 0.226 e. The molecule has 1 aliphatic carbocycles. The van der Waals surface area contributed by atoms with E-state index in [1.807, 2.05) is 0 Å². The van der Waals surface area contributed by atoms with E-state index >= 15 is 0 Å². The molecule has 0 bridgehead atoms. The van der Waals surface area contributed by atoms with Gasteiger partial charge >= 0.3 is 0 Å². The van der Waals surface area contributed by atoms with Crippen molar-refractivity contribution in [3.05, 3.63) is 11.5 Å². The van der Waals surface area contributed by atoms with Crippen LogP contribution < -0.4 is 4.90 Å². The zero-order valence-corrected chi connectivity index (χ0v) is 12.1. The Kier molecular flexibility index (Phi) is 3.02. The number of nitrogens with zero attached hydrogens (tertiary/aromatic N) is 4. The van der Waals surface area contributed by atoms with Crippen molar-refractivity contribution in [3.63, 3.8) is 0 Å². The first kappa shape index (κ1) is 12.4. The molecule has 0 spiro atoms. The van der Waals surface area contributed by atoms with Crippen LogP contribution in [0, 0.1) is 11.8 Å². The van der Waals surface area contributed by atoms with Crippen LogP contribution >= 0.6 is 11.6 Å². The number of anilines is 1. The molecular weight excluding hydrogens is 274 g/mol. The standard InChI is InChI=1S/C14H18ClN5/c15-14-17-12-11(7-16-19-12)13(18-14)20-6-5-9-3-1-2-4-10(9)8-20/h7,9-10H,1-6,8H2,(H,16,17,18,19). The summed E-state index contributed by atoms with van der Waals surface area (Å²) in [6.45, 7) is 2.16. The molecule has 0 amide bonds. The third-order valence-electron chi connectivity index (χ3n) is 4.85. The van der Waals surface area contributed by atoms with Gasteiger partial charge in [-0.2, -0.15) is 15.1 Å². The second kappa shape index (κ2) is 4.88. The van der Waals surface area contributed by atoms with Crippen molar-refractivity contribution in [1.29, 1.82) is 0 Å². The minimum Gasteiger partial charge on any atom is -0.356 e. The average molecular weight is 292 g/mol. The minimum absolute atomic E-state index is 0.294. The van der Waals surface area contributed by atoms with Crippen LogP contribution in [0.4, 0.5) is 5.82 Å². The molecule has 1 aliphatic heterocycles. The summed E-state index contributed by atoms with van der Waals surface area (Å²) in [7, 11) is 0. The van der Waals surface area contributed by atoms with E-state index in [2.05, 4.69) is 25.1 Å². The summed E-state index contributed by atoms with van der Waals surface area (Å²) in [5, 5.41) is 8.22. The molecule has 2 aliphatic rings. The van der Waals surface area contributed by atoms with Gasteiger partial charge in [0.25, 0.3) is 0 Å². The van der Waals surface area contributed by atoms with Gasteiger partial charge in [0.2, 0.25) is 5.28 Å². The monoisotopic (exact) mass is 291 g/mol. The highest BCUT2D eigenvalue weighted by Gasteiger charge is 2.32. The normalized spacial score (nSPS) is 26.8. The average Bonchev–Trinajstić information content (AvgIpc) is 2.94. The fraction of sp³-hybridized carbons (Fsp3) is 0.643. The lowest BCUT2D eigenvalue weighted by atomic mass is 9.75. The van der Waals surface area contributed by atoms with Crippen molar-refractivity contribution in [2.45, 2.75) is 32.1 Å². The smallest absolute Gasteiger partial charge is 0.226 e. The van der Waals surface area contributed by atoms with Gasteiger partial charge in [-0.1, -0.05) is 19.3 Å². The number of hydrogen-bond donors (Lipinski definition) is 1. The topological polar surface area (TPSA) is 57.7 Å². The number of piperidine rings is 1. The highest BCUT2D eigenvalue weighted by molar-refractivity contribution is 6.28. The molecule has 1 N–H and O–H groups in total. The Hall–Kier alpha value is -1.36. The van der Waals surface area contributed by atoms with E-state index in [0.29, 0.717) is 5.28 Å². The van der Waals surface area contributed by atoms with Crippen molar-refractivity contribution in [3.8, 4) is 0 Å². The zero-order chi connectivity index (χ0) is 13.5. The molecule has 2 aromatic rings. The largest absolute Gasteiger partial charge is 0.356 e. The number of fused-ring (bicyclic) bond motifs is 2. The molecule has 1 saturated carbocycles. The fourth-order valence-electron chi connectivity index (χ4n) is 3.83. The van der Waals surface area contributed by atoms with Crippen LogP contribution in [-0.2, 0) is 0 Å². The molecule has 2 unspecified atom stereocenters. The number of rotatable bonds is 1. The molecule has 0 radical (unpaired) electrons. The minimum atomic E-state index is 0.294. The van der Waals surface area contributed by atoms with Crippen LogP contribution in [0.3, 0.4) is 0 Å². The maximum atomic E-state index is 6.04. The molecule has 4 rings (SSSR count). The van der Waals surface area contributed by atoms with Crippen molar-refractivity contribution in [2.75, 3.05) is 18.0 Å². The van der Waals surface area contributed by atoms with Crippen molar-refractivity contribution < 1.29 is 0 Å². The predicted octanol–water partition coefficient (Wildman–Crippen LogP) is 3.02. The van der Waals surface area contributed by atoms with E-state index in [-0.39, 0.29) is 0 Å². The summed E-state index contributed by atoms with van der Waals surface area (Å²) in [5.41, 5.74) is 0.728.